The summed E-state index contributed by atoms with van der Waals surface area (Å²) in [6.07, 6.45) is 0. The van der Waals surface area contributed by atoms with Gasteiger partial charge in [0.15, 0.2) is 0 Å². The fourth-order valence-electron chi connectivity index (χ4n) is 8.90. The summed E-state index contributed by atoms with van der Waals surface area (Å²) in [5, 5.41) is 11.6. The van der Waals surface area contributed by atoms with Gasteiger partial charge < -0.3 is 13.7 Å². The van der Waals surface area contributed by atoms with Gasteiger partial charge in [-0.25, -0.2) is 0 Å². The van der Waals surface area contributed by atoms with Crippen molar-refractivity contribution in [3.8, 4) is 22.3 Å². The zero-order valence-electron chi connectivity index (χ0n) is 30.8. The smallest absolute Gasteiger partial charge is 0.143 e. The summed E-state index contributed by atoms with van der Waals surface area (Å²) in [6.45, 7) is 0. The second-order valence-electron chi connectivity index (χ2n) is 14.9. The third kappa shape index (κ3) is 4.99. The van der Waals surface area contributed by atoms with Crippen LogP contribution >= 0.6 is 0 Å². The Balaban J connectivity index is 1.02. The van der Waals surface area contributed by atoms with Crippen LogP contribution in [0.4, 0.5) is 17.1 Å². The summed E-state index contributed by atoms with van der Waals surface area (Å²) in [6, 6.07) is 71.5. The molecule has 0 saturated carbocycles. The lowest BCUT2D eigenvalue weighted by molar-refractivity contribution is 0.670. The normalized spacial score (nSPS) is 11.9. The average Bonchev–Trinajstić information content (AvgIpc) is 3.85. The van der Waals surface area contributed by atoms with Gasteiger partial charge in [-0.15, -0.1) is 0 Å². The molecule has 0 aliphatic carbocycles. The summed E-state index contributed by atoms with van der Waals surface area (Å²) in [7, 11) is 0. The SMILES string of the molecule is c1ccc(-c2cccc3c2oc2ccc(-c4ccc(N(c5ccc6c(c5)oc5c7ccccc7ccc65)c5cc6ccccc6c6ccccc56)cc4)cc23)cc1. The molecule has 0 unspecified atom stereocenters. The number of hydrogen-bond acceptors (Lipinski definition) is 3. The van der Waals surface area contributed by atoms with E-state index in [1.54, 1.807) is 0 Å². The standard InChI is InChI=1S/C54H33NO2/c1-2-11-35(12-3-1)43-19-10-20-47-49-31-37(24-30-51(49)56-53(43)47)34-21-25-39(26-22-34)55(50-32-38-14-5-6-15-41(38)44-17-8-9-18-45(44)50)40-27-29-46-48-28-23-36-13-4-7-16-42(36)54(48)57-52(46)33-40/h1-33H. The van der Waals surface area contributed by atoms with Gasteiger partial charge >= 0.3 is 0 Å². The molecule has 0 aliphatic rings. The Kier molecular flexibility index (Phi) is 6.93. The van der Waals surface area contributed by atoms with Crippen molar-refractivity contribution < 1.29 is 8.83 Å². The predicted molar refractivity (Wildman–Crippen MR) is 239 cm³/mol. The first-order chi connectivity index (χ1) is 28.2. The third-order valence-electron chi connectivity index (χ3n) is 11.6. The molecule has 0 saturated heterocycles. The van der Waals surface area contributed by atoms with E-state index in [9.17, 15) is 0 Å². The Morgan fingerprint density at radius 1 is 0.298 bits per heavy atom. The number of furan rings is 2. The molecule has 0 amide bonds. The van der Waals surface area contributed by atoms with Gasteiger partial charge in [-0.3, -0.25) is 0 Å². The molecule has 0 spiro atoms. The van der Waals surface area contributed by atoms with Gasteiger partial charge in [0.05, 0.1) is 5.69 Å². The van der Waals surface area contributed by atoms with Crippen LogP contribution in [0.1, 0.15) is 0 Å². The molecule has 12 rings (SSSR count). The number of anilines is 3. The van der Waals surface area contributed by atoms with Gasteiger partial charge in [0.2, 0.25) is 0 Å². The molecule has 3 nitrogen and oxygen atoms in total. The second kappa shape index (κ2) is 12.5. The van der Waals surface area contributed by atoms with E-state index in [2.05, 4.69) is 199 Å². The summed E-state index contributed by atoms with van der Waals surface area (Å²) < 4.78 is 13.2. The summed E-state index contributed by atoms with van der Waals surface area (Å²) >= 11 is 0. The maximum absolute atomic E-state index is 6.72. The highest BCUT2D eigenvalue weighted by molar-refractivity contribution is 6.17. The molecule has 0 radical (unpaired) electrons. The van der Waals surface area contributed by atoms with E-state index in [-0.39, 0.29) is 0 Å². The van der Waals surface area contributed by atoms with Crippen LogP contribution in [0.2, 0.25) is 0 Å². The largest absolute Gasteiger partial charge is 0.455 e. The van der Waals surface area contributed by atoms with Gasteiger partial charge in [-0.05, 0) is 86.8 Å². The topological polar surface area (TPSA) is 29.5 Å². The molecular weight excluding hydrogens is 695 g/mol. The van der Waals surface area contributed by atoms with Crippen molar-refractivity contribution in [3.63, 3.8) is 0 Å². The summed E-state index contributed by atoms with van der Waals surface area (Å²) in [5.74, 6) is 0. The van der Waals surface area contributed by atoms with Crippen molar-refractivity contribution in [1.29, 1.82) is 0 Å². The second-order valence-corrected chi connectivity index (χ2v) is 14.9. The number of benzene rings is 10. The molecule has 266 valence electrons. The van der Waals surface area contributed by atoms with Crippen molar-refractivity contribution in [2.45, 2.75) is 0 Å². The van der Waals surface area contributed by atoms with Gasteiger partial charge in [0.1, 0.15) is 22.3 Å². The molecule has 2 aromatic heterocycles. The van der Waals surface area contributed by atoms with Gasteiger partial charge in [0, 0.05) is 55.3 Å². The number of rotatable bonds is 5. The van der Waals surface area contributed by atoms with Crippen LogP contribution in [0.3, 0.4) is 0 Å². The molecule has 0 N–H and O–H groups in total. The number of nitrogens with zero attached hydrogens (tertiary/aromatic N) is 1. The van der Waals surface area contributed by atoms with Crippen LogP contribution in [0, 0.1) is 0 Å². The fourth-order valence-corrected chi connectivity index (χ4v) is 8.90. The fraction of sp³-hybridized carbons (Fsp3) is 0. The van der Waals surface area contributed by atoms with Gasteiger partial charge in [-0.2, -0.15) is 0 Å². The Hall–Kier alpha value is -7.62. The van der Waals surface area contributed by atoms with Crippen LogP contribution in [-0.2, 0) is 0 Å². The minimum Gasteiger partial charge on any atom is -0.455 e. The minimum atomic E-state index is 0.863. The highest BCUT2D eigenvalue weighted by Gasteiger charge is 2.20. The Morgan fingerprint density at radius 2 is 0.947 bits per heavy atom. The van der Waals surface area contributed by atoms with Crippen molar-refractivity contribution in [1.82, 2.24) is 0 Å². The third-order valence-corrected chi connectivity index (χ3v) is 11.6. The van der Waals surface area contributed by atoms with E-state index in [4.69, 9.17) is 8.83 Å². The number of fused-ring (bicyclic) bond motifs is 11. The maximum atomic E-state index is 6.72. The molecular formula is C54H33NO2. The highest BCUT2D eigenvalue weighted by atomic mass is 16.3. The monoisotopic (exact) mass is 727 g/mol. The van der Waals surface area contributed by atoms with Crippen LogP contribution in [0.5, 0.6) is 0 Å². The first-order valence-electron chi connectivity index (χ1n) is 19.4. The maximum Gasteiger partial charge on any atom is 0.143 e. The van der Waals surface area contributed by atoms with E-state index >= 15 is 0 Å². The van der Waals surface area contributed by atoms with E-state index in [1.807, 2.05) is 6.07 Å². The predicted octanol–water partition coefficient (Wildman–Crippen LogP) is 15.7. The molecule has 0 fully saturated rings. The quantitative estimate of drug-likeness (QED) is 0.165. The Morgan fingerprint density at radius 3 is 1.81 bits per heavy atom. The van der Waals surface area contributed by atoms with Crippen molar-refractivity contribution in [2.75, 3.05) is 4.90 Å². The van der Waals surface area contributed by atoms with E-state index in [1.165, 1.54) is 26.9 Å². The zero-order valence-corrected chi connectivity index (χ0v) is 30.8. The van der Waals surface area contributed by atoms with Gasteiger partial charge in [0.25, 0.3) is 0 Å². The van der Waals surface area contributed by atoms with Crippen LogP contribution in [0.25, 0.3) is 98.4 Å². The Labute approximate surface area is 328 Å². The van der Waals surface area contributed by atoms with Crippen LogP contribution in [-0.4, -0.2) is 0 Å². The molecule has 0 bridgehead atoms. The van der Waals surface area contributed by atoms with Crippen molar-refractivity contribution in [3.05, 3.63) is 200 Å². The van der Waals surface area contributed by atoms with Crippen molar-refractivity contribution >= 4 is 93.3 Å². The molecule has 0 aliphatic heterocycles. The van der Waals surface area contributed by atoms with E-state index in [0.29, 0.717) is 0 Å². The lowest BCUT2D eigenvalue weighted by atomic mass is 9.98. The first-order valence-corrected chi connectivity index (χ1v) is 19.4. The number of para-hydroxylation sites is 1. The van der Waals surface area contributed by atoms with Crippen molar-refractivity contribution in [2.24, 2.45) is 0 Å². The lowest BCUT2D eigenvalue weighted by Gasteiger charge is -2.27. The average molecular weight is 728 g/mol. The summed E-state index contributed by atoms with van der Waals surface area (Å²) in [4.78, 5) is 2.38. The first kappa shape index (κ1) is 31.7. The summed E-state index contributed by atoms with van der Waals surface area (Å²) in [5.41, 5.74) is 11.3. The molecule has 10 aromatic carbocycles. The highest BCUT2D eigenvalue weighted by Crippen LogP contribution is 2.45. The zero-order chi connectivity index (χ0) is 37.5. The molecule has 12 aromatic rings. The molecule has 3 heteroatoms. The minimum absolute atomic E-state index is 0.863. The van der Waals surface area contributed by atoms with Gasteiger partial charge in [-0.1, -0.05) is 146 Å². The molecule has 0 atom stereocenters. The van der Waals surface area contributed by atoms with Crippen LogP contribution < -0.4 is 4.90 Å². The van der Waals surface area contributed by atoms with E-state index in [0.717, 1.165) is 88.6 Å². The Bertz CT molecular complexity index is 3520. The molecule has 2 heterocycles. The van der Waals surface area contributed by atoms with Crippen LogP contribution in [0.15, 0.2) is 209 Å². The number of hydrogen-bond donors (Lipinski definition) is 0. The molecule has 57 heavy (non-hydrogen) atoms. The van der Waals surface area contributed by atoms with E-state index < -0.39 is 0 Å². The lowest BCUT2D eigenvalue weighted by Crippen LogP contribution is -2.10.